The summed E-state index contributed by atoms with van der Waals surface area (Å²) in [6, 6.07) is 15.3. The van der Waals surface area contributed by atoms with Crippen LogP contribution in [-0.4, -0.2) is 18.2 Å². The number of ether oxygens (including phenoxy) is 2. The molecule has 0 unspecified atom stereocenters. The van der Waals surface area contributed by atoms with Crippen molar-refractivity contribution in [2.45, 2.75) is 51.0 Å². The summed E-state index contributed by atoms with van der Waals surface area (Å²) in [6.07, 6.45) is 4.46. The van der Waals surface area contributed by atoms with Gasteiger partial charge < -0.3 is 14.6 Å². The van der Waals surface area contributed by atoms with E-state index in [0.29, 0.717) is 24.3 Å². The van der Waals surface area contributed by atoms with Crippen LogP contribution in [0.1, 0.15) is 60.4 Å². The molecule has 37 heavy (non-hydrogen) atoms. The van der Waals surface area contributed by atoms with Crippen molar-refractivity contribution in [2.75, 3.05) is 7.11 Å². The van der Waals surface area contributed by atoms with Gasteiger partial charge in [0.15, 0.2) is 0 Å². The van der Waals surface area contributed by atoms with Gasteiger partial charge in [0.25, 0.3) is 0 Å². The minimum Gasteiger partial charge on any atom is -0.496 e. The second-order valence-electron chi connectivity index (χ2n) is 11.3. The second kappa shape index (κ2) is 8.20. The molecule has 3 aliphatic rings. The maximum Gasteiger partial charge on any atom is 0.307 e. The Hall–Kier alpha value is -3.60. The number of allylic oxidation sites excluding steroid dienone is 1. The summed E-state index contributed by atoms with van der Waals surface area (Å²) in [7, 11) is 1.62. The van der Waals surface area contributed by atoms with Crippen molar-refractivity contribution < 1.29 is 23.8 Å². The molecule has 0 bridgehead atoms. The molecular formula is C32H31FO4. The molecule has 1 N–H and O–H groups in total. The average molecular weight is 499 g/mol. The van der Waals surface area contributed by atoms with Crippen LogP contribution in [0.2, 0.25) is 0 Å². The van der Waals surface area contributed by atoms with Gasteiger partial charge in [-0.25, -0.2) is 4.39 Å². The van der Waals surface area contributed by atoms with Crippen molar-refractivity contribution >= 4 is 5.97 Å². The first-order valence-electron chi connectivity index (χ1n) is 12.8. The minimum absolute atomic E-state index is 0.108. The van der Waals surface area contributed by atoms with Gasteiger partial charge in [0.2, 0.25) is 0 Å². The van der Waals surface area contributed by atoms with Crippen LogP contribution in [0, 0.1) is 17.2 Å². The van der Waals surface area contributed by atoms with E-state index in [1.54, 1.807) is 13.2 Å². The maximum atomic E-state index is 15.1. The number of rotatable bonds is 7. The van der Waals surface area contributed by atoms with Crippen LogP contribution in [0.4, 0.5) is 4.39 Å². The van der Waals surface area contributed by atoms with Crippen LogP contribution in [0.5, 0.6) is 11.5 Å². The number of aryl methyl sites for hydroxylation is 1. The Morgan fingerprint density at radius 3 is 2.73 bits per heavy atom. The second-order valence-corrected chi connectivity index (χ2v) is 11.3. The number of aliphatic carboxylic acids is 1. The lowest BCUT2D eigenvalue weighted by Gasteiger charge is -2.31. The first kappa shape index (κ1) is 23.8. The molecule has 0 aliphatic heterocycles. The Labute approximate surface area is 216 Å². The molecule has 1 spiro atoms. The van der Waals surface area contributed by atoms with E-state index in [4.69, 9.17) is 9.47 Å². The highest BCUT2D eigenvalue weighted by atomic mass is 19.1. The van der Waals surface area contributed by atoms with Crippen molar-refractivity contribution in [3.05, 3.63) is 94.8 Å². The average Bonchev–Trinajstić information content (AvgIpc) is 3.37. The number of hydrogen-bond donors (Lipinski definition) is 1. The summed E-state index contributed by atoms with van der Waals surface area (Å²) in [5.41, 5.74) is 6.19. The molecule has 3 aromatic rings. The molecule has 5 heteroatoms. The van der Waals surface area contributed by atoms with E-state index >= 15 is 4.39 Å². The fourth-order valence-corrected chi connectivity index (χ4v) is 6.72. The van der Waals surface area contributed by atoms with Gasteiger partial charge in [0.1, 0.15) is 23.9 Å². The third kappa shape index (κ3) is 3.51. The molecule has 0 amide bonds. The van der Waals surface area contributed by atoms with Crippen molar-refractivity contribution in [3.8, 4) is 22.6 Å². The van der Waals surface area contributed by atoms with Gasteiger partial charge in [-0.05, 0) is 76.8 Å². The Balaban J connectivity index is 1.32. The van der Waals surface area contributed by atoms with Crippen LogP contribution < -0.4 is 9.47 Å². The summed E-state index contributed by atoms with van der Waals surface area (Å²) in [5.74, 6) is 0.0689. The molecule has 0 radical (unpaired) electrons. The fraction of sp³-hybridized carbons (Fsp3) is 0.344. The summed E-state index contributed by atoms with van der Waals surface area (Å²) in [4.78, 5) is 11.6. The highest BCUT2D eigenvalue weighted by molar-refractivity contribution is 5.82. The number of fused-ring (bicyclic) bond motifs is 5. The van der Waals surface area contributed by atoms with Gasteiger partial charge in [-0.15, -0.1) is 6.58 Å². The molecule has 3 aliphatic carbocycles. The van der Waals surface area contributed by atoms with Gasteiger partial charge in [0.05, 0.1) is 13.0 Å². The summed E-state index contributed by atoms with van der Waals surface area (Å²) < 4.78 is 27.0. The number of carbonyl (C=O) groups is 1. The third-order valence-corrected chi connectivity index (χ3v) is 8.87. The van der Waals surface area contributed by atoms with E-state index in [-0.39, 0.29) is 28.5 Å². The lowest BCUT2D eigenvalue weighted by Crippen LogP contribution is -2.19. The molecule has 4 nitrogen and oxygen atoms in total. The molecule has 190 valence electrons. The molecule has 1 fully saturated rings. The Bertz CT molecular complexity index is 1460. The zero-order chi connectivity index (χ0) is 26.1. The molecule has 3 atom stereocenters. The molecule has 0 heterocycles. The van der Waals surface area contributed by atoms with Crippen LogP contribution in [-0.2, 0) is 23.2 Å². The quantitative estimate of drug-likeness (QED) is 0.356. The van der Waals surface area contributed by atoms with Crippen molar-refractivity contribution in [3.63, 3.8) is 0 Å². The molecule has 6 rings (SSSR count). The summed E-state index contributed by atoms with van der Waals surface area (Å²) in [5, 5.41) is 9.55. The number of carboxylic acid groups (broad SMARTS) is 1. The Morgan fingerprint density at radius 1 is 1.22 bits per heavy atom. The van der Waals surface area contributed by atoms with E-state index in [1.807, 2.05) is 30.3 Å². The normalized spacial score (nSPS) is 22.8. The lowest BCUT2D eigenvalue weighted by molar-refractivity contribution is -0.139. The van der Waals surface area contributed by atoms with Crippen molar-refractivity contribution in [2.24, 2.45) is 11.3 Å². The smallest absolute Gasteiger partial charge is 0.307 e. The van der Waals surface area contributed by atoms with Crippen LogP contribution in [0.25, 0.3) is 11.1 Å². The fourth-order valence-electron chi connectivity index (χ4n) is 6.72. The summed E-state index contributed by atoms with van der Waals surface area (Å²) in [6.45, 7) is 8.65. The SMILES string of the molecule is C=CC(C)(C)[C@H]1c2cc(COc3ccc4c(c3)[C@]3(CC4)C[C@H]3C(=O)O)ccc2-c2c(F)ccc(OC)c21. The highest BCUT2D eigenvalue weighted by Gasteiger charge is 2.61. The molecular weight excluding hydrogens is 467 g/mol. The van der Waals surface area contributed by atoms with Crippen molar-refractivity contribution in [1.29, 1.82) is 0 Å². The molecule has 0 aromatic heterocycles. The van der Waals surface area contributed by atoms with E-state index in [1.165, 1.54) is 11.6 Å². The predicted octanol–water partition coefficient (Wildman–Crippen LogP) is 7.03. The molecule has 1 saturated carbocycles. The summed E-state index contributed by atoms with van der Waals surface area (Å²) >= 11 is 0. The van der Waals surface area contributed by atoms with Crippen LogP contribution >= 0.6 is 0 Å². The largest absolute Gasteiger partial charge is 0.496 e. The highest BCUT2D eigenvalue weighted by Crippen LogP contribution is 2.62. The van der Waals surface area contributed by atoms with E-state index in [0.717, 1.165) is 46.4 Å². The van der Waals surface area contributed by atoms with Gasteiger partial charge in [-0.1, -0.05) is 44.2 Å². The van der Waals surface area contributed by atoms with Gasteiger partial charge in [0, 0.05) is 22.5 Å². The zero-order valence-corrected chi connectivity index (χ0v) is 21.4. The number of hydrogen-bond acceptors (Lipinski definition) is 3. The minimum atomic E-state index is -0.705. The topological polar surface area (TPSA) is 55.8 Å². The molecule has 0 saturated heterocycles. The Kier molecular flexibility index (Phi) is 5.27. The standard InChI is InChI=1S/C32H31FO4/c1-5-31(2,3)29-22-14-18(6-9-21(22)27-25(33)10-11-26(36-4)28(27)29)17-37-20-8-7-19-12-13-32(23(19)15-20)16-24(32)30(34)35/h5-11,14-15,24,29H,1,12-13,16-17H2,2-4H3,(H,34,35)/t24-,29-,32-/m0/s1. The first-order valence-corrected chi connectivity index (χ1v) is 12.8. The van der Waals surface area contributed by atoms with E-state index < -0.39 is 5.97 Å². The molecule has 3 aromatic carbocycles. The third-order valence-electron chi connectivity index (χ3n) is 8.87. The first-order chi connectivity index (χ1) is 17.7. The van der Waals surface area contributed by atoms with Crippen molar-refractivity contribution in [1.82, 2.24) is 0 Å². The number of benzene rings is 3. The lowest BCUT2D eigenvalue weighted by atomic mass is 9.73. The Morgan fingerprint density at radius 2 is 2.03 bits per heavy atom. The monoisotopic (exact) mass is 498 g/mol. The number of halogens is 1. The van der Waals surface area contributed by atoms with E-state index in [2.05, 4.69) is 32.6 Å². The van der Waals surface area contributed by atoms with Crippen LogP contribution in [0.15, 0.2) is 61.2 Å². The van der Waals surface area contributed by atoms with Gasteiger partial charge >= 0.3 is 5.97 Å². The van der Waals surface area contributed by atoms with Gasteiger partial charge in [-0.2, -0.15) is 0 Å². The van der Waals surface area contributed by atoms with E-state index in [9.17, 15) is 9.90 Å². The number of carboxylic acids is 1. The zero-order valence-electron chi connectivity index (χ0n) is 21.4. The predicted molar refractivity (Wildman–Crippen MR) is 141 cm³/mol. The number of methoxy groups -OCH3 is 1. The van der Waals surface area contributed by atoms with Crippen LogP contribution in [0.3, 0.4) is 0 Å². The van der Waals surface area contributed by atoms with Gasteiger partial charge in [-0.3, -0.25) is 4.79 Å². The maximum absolute atomic E-state index is 15.1.